The van der Waals surface area contributed by atoms with E-state index in [9.17, 15) is 19.1 Å². The number of methoxy groups -OCH3 is 1. The summed E-state index contributed by atoms with van der Waals surface area (Å²) in [6.07, 6.45) is 4.82. The topological polar surface area (TPSA) is 84.2 Å². The average molecular weight is 540 g/mol. The van der Waals surface area contributed by atoms with E-state index in [4.69, 9.17) is 9.47 Å². The van der Waals surface area contributed by atoms with Gasteiger partial charge in [0, 0.05) is 47.2 Å². The summed E-state index contributed by atoms with van der Waals surface area (Å²) < 4.78 is 43.1. The number of aromatic nitrogens is 1. The molecule has 3 aliphatic rings. The zero-order valence-electron chi connectivity index (χ0n) is 20.3. The Bertz CT molecular complexity index is 1540. The molecule has 2 bridgehead atoms. The lowest BCUT2D eigenvalue weighted by Crippen LogP contribution is -2.58. The molecule has 8 nitrogen and oxygen atoms in total. The number of carbonyl (C=O) groups excluding carboxylic acids is 1. The number of nitrogens with zero attached hydrogens (tertiary/aromatic N) is 3. The second-order valence-electron chi connectivity index (χ2n) is 9.13. The summed E-state index contributed by atoms with van der Waals surface area (Å²) in [6, 6.07) is 8.38. The minimum atomic E-state index is -1.02. The minimum absolute atomic E-state index is 0.00590. The fourth-order valence-electron chi connectivity index (χ4n) is 5.27. The van der Waals surface area contributed by atoms with Crippen molar-refractivity contribution in [1.29, 1.82) is 0 Å². The van der Waals surface area contributed by atoms with Crippen molar-refractivity contribution in [1.82, 2.24) is 9.58 Å². The van der Waals surface area contributed by atoms with Crippen molar-refractivity contribution in [2.75, 3.05) is 32.0 Å². The summed E-state index contributed by atoms with van der Waals surface area (Å²) in [7, 11) is 1.50. The van der Waals surface area contributed by atoms with Gasteiger partial charge in [-0.1, -0.05) is 24.3 Å². The molecule has 2 atom stereocenters. The Hall–Kier alpha value is -3.83. The van der Waals surface area contributed by atoms with Crippen molar-refractivity contribution >= 4 is 17.7 Å². The molecular weight excluding hydrogens is 516 g/mol. The van der Waals surface area contributed by atoms with Crippen LogP contribution in [0.1, 0.15) is 33.2 Å². The Kier molecular flexibility index (Phi) is 6.11. The van der Waals surface area contributed by atoms with Crippen molar-refractivity contribution < 1.29 is 28.2 Å². The number of hydrogen-bond acceptors (Lipinski definition) is 7. The molecule has 38 heavy (non-hydrogen) atoms. The molecule has 0 aliphatic carbocycles. The Balaban J connectivity index is 1.70. The van der Waals surface area contributed by atoms with Crippen LogP contribution in [0, 0.1) is 11.6 Å². The van der Waals surface area contributed by atoms with Crippen LogP contribution in [0.4, 0.5) is 8.78 Å². The number of fused-ring (bicyclic) bond motifs is 7. The highest BCUT2D eigenvalue weighted by Gasteiger charge is 2.42. The van der Waals surface area contributed by atoms with Crippen LogP contribution in [0.25, 0.3) is 0 Å². The van der Waals surface area contributed by atoms with Crippen LogP contribution in [0.5, 0.6) is 11.5 Å². The molecule has 1 amide bonds. The SMILES string of the molecule is COC[C@H]1/C=C/COc2cc(F)c(F)c3c2[C@H](c2ccccc2SC3)N2CN1C(=O)c1c(O)c(=O)ccn12. The molecule has 0 radical (unpaired) electrons. The van der Waals surface area contributed by atoms with E-state index in [1.54, 1.807) is 17.2 Å². The number of aromatic hydroxyl groups is 1. The van der Waals surface area contributed by atoms with Gasteiger partial charge in [0.25, 0.3) is 5.91 Å². The van der Waals surface area contributed by atoms with Gasteiger partial charge >= 0.3 is 0 Å². The number of thioether (sulfide) groups is 1. The van der Waals surface area contributed by atoms with E-state index in [2.05, 4.69) is 0 Å². The average Bonchev–Trinajstić information content (AvgIpc) is 3.09. The van der Waals surface area contributed by atoms with Crippen LogP contribution < -0.4 is 15.2 Å². The van der Waals surface area contributed by atoms with Crippen molar-refractivity contribution in [3.8, 4) is 11.5 Å². The van der Waals surface area contributed by atoms with Gasteiger partial charge in [-0.2, -0.15) is 0 Å². The predicted octanol–water partition coefficient (Wildman–Crippen LogP) is 3.54. The Morgan fingerprint density at radius 2 is 2.03 bits per heavy atom. The molecule has 196 valence electrons. The maximum absolute atomic E-state index is 15.4. The number of amides is 1. The Labute approximate surface area is 220 Å². The first-order valence-corrected chi connectivity index (χ1v) is 12.9. The summed E-state index contributed by atoms with van der Waals surface area (Å²) >= 11 is 1.37. The van der Waals surface area contributed by atoms with Crippen LogP contribution in [0.3, 0.4) is 0 Å². The molecule has 3 aromatic rings. The summed E-state index contributed by atoms with van der Waals surface area (Å²) in [6.45, 7) is 0.165. The van der Waals surface area contributed by atoms with Crippen LogP contribution in [-0.4, -0.2) is 53.6 Å². The van der Waals surface area contributed by atoms with E-state index < -0.39 is 40.8 Å². The largest absolute Gasteiger partial charge is 0.502 e. The highest BCUT2D eigenvalue weighted by Crippen LogP contribution is 2.47. The number of benzene rings is 2. The molecule has 0 unspecified atom stereocenters. The van der Waals surface area contributed by atoms with Crippen LogP contribution in [0.15, 0.2) is 64.4 Å². The maximum Gasteiger partial charge on any atom is 0.278 e. The number of halogens is 2. The summed E-state index contributed by atoms with van der Waals surface area (Å²) in [5.74, 6) is -2.91. The standard InChI is InChI=1S/C27H23F2N3O5S/c1-36-12-15-5-4-10-37-20-11-18(28)23(29)17-13-38-21-7-3-2-6-16(21)24(22(17)20)32-14-30(15)27(35)25-26(34)19(33)8-9-31(25)32/h2-9,11,15,24,34H,10,12-14H2,1H3/b5-4+/t15-,24+/m1/s1. The third-order valence-electron chi connectivity index (χ3n) is 7.00. The second-order valence-corrected chi connectivity index (χ2v) is 10.1. The molecule has 0 saturated heterocycles. The quantitative estimate of drug-likeness (QED) is 0.499. The molecule has 0 fully saturated rings. The van der Waals surface area contributed by atoms with E-state index >= 15 is 4.39 Å². The third kappa shape index (κ3) is 3.76. The van der Waals surface area contributed by atoms with Crippen molar-refractivity contribution in [2.24, 2.45) is 0 Å². The highest BCUT2D eigenvalue weighted by molar-refractivity contribution is 7.98. The normalized spacial score (nSPS) is 20.9. The summed E-state index contributed by atoms with van der Waals surface area (Å²) in [4.78, 5) is 28.5. The Morgan fingerprint density at radius 3 is 2.84 bits per heavy atom. The lowest BCUT2D eigenvalue weighted by Gasteiger charge is -2.46. The molecule has 1 N–H and O–H groups in total. The van der Waals surface area contributed by atoms with Gasteiger partial charge in [-0.25, -0.2) is 8.78 Å². The first kappa shape index (κ1) is 24.5. The lowest BCUT2D eigenvalue weighted by molar-refractivity contribution is 0.0517. The smallest absolute Gasteiger partial charge is 0.278 e. The van der Waals surface area contributed by atoms with Gasteiger partial charge in [0.05, 0.1) is 12.6 Å². The van der Waals surface area contributed by atoms with Gasteiger partial charge in [0.15, 0.2) is 23.1 Å². The molecule has 11 heteroatoms. The fourth-order valence-corrected chi connectivity index (χ4v) is 6.37. The molecule has 1 aromatic heterocycles. The van der Waals surface area contributed by atoms with Crippen molar-refractivity contribution in [2.45, 2.75) is 22.7 Å². The minimum Gasteiger partial charge on any atom is -0.502 e. The zero-order valence-corrected chi connectivity index (χ0v) is 21.1. The van der Waals surface area contributed by atoms with E-state index in [0.29, 0.717) is 5.56 Å². The molecule has 0 saturated carbocycles. The van der Waals surface area contributed by atoms with Gasteiger partial charge in [-0.3, -0.25) is 19.3 Å². The molecule has 2 aromatic carbocycles. The summed E-state index contributed by atoms with van der Waals surface area (Å²) in [5.41, 5.74) is 0.417. The lowest BCUT2D eigenvalue weighted by atomic mass is 9.92. The van der Waals surface area contributed by atoms with Crippen LogP contribution in [0.2, 0.25) is 0 Å². The van der Waals surface area contributed by atoms with E-state index in [0.717, 1.165) is 16.5 Å². The van der Waals surface area contributed by atoms with Crippen LogP contribution >= 0.6 is 11.8 Å². The molecular formula is C27H23F2N3O5S. The fraction of sp³-hybridized carbons (Fsp3) is 0.259. The molecule has 4 heterocycles. The Morgan fingerprint density at radius 1 is 1.21 bits per heavy atom. The van der Waals surface area contributed by atoms with E-state index in [1.165, 1.54) is 40.7 Å². The van der Waals surface area contributed by atoms with Gasteiger partial charge < -0.3 is 19.5 Å². The zero-order chi connectivity index (χ0) is 26.6. The number of ether oxygens (including phenoxy) is 2. The van der Waals surface area contributed by atoms with Gasteiger partial charge in [0.1, 0.15) is 25.1 Å². The molecule has 0 spiro atoms. The molecule has 3 aliphatic heterocycles. The number of pyridine rings is 1. The van der Waals surface area contributed by atoms with Gasteiger partial charge in [-0.05, 0) is 17.7 Å². The first-order chi connectivity index (χ1) is 18.4. The predicted molar refractivity (Wildman–Crippen MR) is 136 cm³/mol. The van der Waals surface area contributed by atoms with Gasteiger partial charge in [-0.15, -0.1) is 11.8 Å². The number of rotatable bonds is 2. The summed E-state index contributed by atoms with van der Waals surface area (Å²) in [5, 5.41) is 12.5. The molecule has 6 rings (SSSR count). The van der Waals surface area contributed by atoms with Crippen molar-refractivity contribution in [3.63, 3.8) is 0 Å². The number of carbonyl (C=O) groups is 1. The monoisotopic (exact) mass is 539 g/mol. The number of hydrogen-bond donors (Lipinski definition) is 1. The van der Waals surface area contributed by atoms with E-state index in [1.807, 2.05) is 24.3 Å². The van der Waals surface area contributed by atoms with Crippen LogP contribution in [-0.2, 0) is 10.5 Å². The van der Waals surface area contributed by atoms with Crippen molar-refractivity contribution in [3.05, 3.63) is 99.0 Å². The third-order valence-corrected chi connectivity index (χ3v) is 8.12. The second kappa shape index (κ2) is 9.48. The van der Waals surface area contributed by atoms with E-state index in [-0.39, 0.29) is 42.6 Å². The first-order valence-electron chi connectivity index (χ1n) is 11.9. The highest BCUT2D eigenvalue weighted by atomic mass is 32.2. The maximum atomic E-state index is 15.4. The van der Waals surface area contributed by atoms with Gasteiger partial charge in [0.2, 0.25) is 5.43 Å².